The number of pyridine rings is 1. The first-order chi connectivity index (χ1) is 17.4. The van der Waals surface area contributed by atoms with E-state index in [2.05, 4.69) is 25.8 Å². The van der Waals surface area contributed by atoms with Gasteiger partial charge in [0.2, 0.25) is 5.95 Å². The molecule has 0 spiro atoms. The summed E-state index contributed by atoms with van der Waals surface area (Å²) in [4.78, 5) is 4.04. The topological polar surface area (TPSA) is 12.9 Å². The van der Waals surface area contributed by atoms with Crippen molar-refractivity contribution in [1.29, 1.82) is 0 Å². The Morgan fingerprint density at radius 2 is 1.67 bits per heavy atom. The van der Waals surface area contributed by atoms with E-state index in [9.17, 15) is 4.39 Å². The van der Waals surface area contributed by atoms with Gasteiger partial charge < -0.3 is 0 Å². The van der Waals surface area contributed by atoms with E-state index in [0.717, 1.165) is 50.5 Å². The lowest BCUT2D eigenvalue weighted by Crippen LogP contribution is -2.17. The van der Waals surface area contributed by atoms with Gasteiger partial charge in [-0.2, -0.15) is 4.39 Å². The average molecular weight is 502 g/mol. The monoisotopic (exact) mass is 501 g/mol. The summed E-state index contributed by atoms with van der Waals surface area (Å²) in [6, 6.07) is 5.05. The van der Waals surface area contributed by atoms with E-state index in [1.807, 2.05) is 0 Å². The average Bonchev–Trinajstić information content (AvgIpc) is 2.88. The highest BCUT2D eigenvalue weighted by molar-refractivity contribution is 5.63. The number of nitrogens with zero attached hydrogens (tertiary/aromatic N) is 1. The molecule has 0 saturated heterocycles. The van der Waals surface area contributed by atoms with Crippen molar-refractivity contribution in [3.8, 4) is 11.3 Å². The summed E-state index contributed by atoms with van der Waals surface area (Å²) in [5.74, 6) is -1.11. The van der Waals surface area contributed by atoms with Crippen LogP contribution in [-0.4, -0.2) is 4.98 Å². The zero-order valence-corrected chi connectivity index (χ0v) is 22.8. The van der Waals surface area contributed by atoms with E-state index in [-0.39, 0.29) is 11.3 Å². The fourth-order valence-corrected chi connectivity index (χ4v) is 5.55. The number of aromatic nitrogens is 1. The van der Waals surface area contributed by atoms with Crippen LogP contribution in [0.15, 0.2) is 18.2 Å². The van der Waals surface area contributed by atoms with Crippen LogP contribution in [0.1, 0.15) is 121 Å². The quantitative estimate of drug-likeness (QED) is 0.175. The number of hydrogen-bond acceptors (Lipinski definition) is 1. The summed E-state index contributed by atoms with van der Waals surface area (Å²) in [6.07, 6.45) is 17.2. The summed E-state index contributed by atoms with van der Waals surface area (Å²) in [5.41, 5.74) is 2.19. The second kappa shape index (κ2) is 14.8. The molecule has 0 aliphatic heterocycles. The van der Waals surface area contributed by atoms with Crippen LogP contribution in [0.25, 0.3) is 11.3 Å². The maximum absolute atomic E-state index is 15.1. The smallest absolute Gasteiger partial charge is 0.216 e. The minimum absolute atomic E-state index is 0.0824. The number of rotatable bonds is 15. The third kappa shape index (κ3) is 8.08. The number of hydrogen-bond donors (Lipinski definition) is 0. The van der Waals surface area contributed by atoms with Crippen molar-refractivity contribution >= 4 is 0 Å². The van der Waals surface area contributed by atoms with Gasteiger partial charge >= 0.3 is 0 Å². The molecule has 0 fully saturated rings. The fourth-order valence-electron chi connectivity index (χ4n) is 5.55. The second-order valence-electron chi connectivity index (χ2n) is 11.1. The molecule has 1 aromatic heterocycles. The minimum Gasteiger partial charge on any atom is -0.219 e. The Hall–Kier alpha value is -1.84. The van der Waals surface area contributed by atoms with Crippen molar-refractivity contribution in [2.45, 2.75) is 124 Å². The summed E-state index contributed by atoms with van der Waals surface area (Å²) in [5, 5.41) is 0. The molecular formula is C32H46F3N. The lowest BCUT2D eigenvalue weighted by Gasteiger charge is -2.26. The molecule has 0 radical (unpaired) electrons. The zero-order chi connectivity index (χ0) is 25.9. The van der Waals surface area contributed by atoms with Crippen LogP contribution in [0.2, 0.25) is 0 Å². The van der Waals surface area contributed by atoms with Gasteiger partial charge in [-0.1, -0.05) is 97.5 Å². The van der Waals surface area contributed by atoms with Crippen molar-refractivity contribution in [2.75, 3.05) is 0 Å². The summed E-state index contributed by atoms with van der Waals surface area (Å²) >= 11 is 0. The zero-order valence-electron chi connectivity index (χ0n) is 22.8. The van der Waals surface area contributed by atoms with Crippen molar-refractivity contribution in [3.63, 3.8) is 0 Å². The van der Waals surface area contributed by atoms with Crippen molar-refractivity contribution < 1.29 is 13.2 Å². The highest BCUT2D eigenvalue weighted by Crippen LogP contribution is 2.36. The van der Waals surface area contributed by atoms with Crippen LogP contribution in [-0.2, 0) is 19.3 Å². The van der Waals surface area contributed by atoms with Crippen LogP contribution in [0.4, 0.5) is 13.2 Å². The van der Waals surface area contributed by atoms with Crippen LogP contribution < -0.4 is 0 Å². The fraction of sp³-hybridized carbons (Fsp3) is 0.656. The number of aryl methyl sites for hydroxylation is 2. The number of fused-ring (bicyclic) bond motifs is 1. The molecule has 2 atom stereocenters. The lowest BCUT2D eigenvalue weighted by atomic mass is 9.80. The molecule has 36 heavy (non-hydrogen) atoms. The molecule has 1 aromatic carbocycles. The molecule has 0 bridgehead atoms. The molecule has 0 saturated carbocycles. The van der Waals surface area contributed by atoms with Gasteiger partial charge in [0.15, 0.2) is 11.6 Å². The molecule has 1 aliphatic carbocycles. The third-order valence-corrected chi connectivity index (χ3v) is 8.22. The molecule has 1 aliphatic rings. The summed E-state index contributed by atoms with van der Waals surface area (Å²) in [6.45, 7) is 6.65. The maximum Gasteiger partial charge on any atom is 0.216 e. The normalized spacial score (nSPS) is 16.2. The Labute approximate surface area is 217 Å². The maximum atomic E-state index is 15.1. The van der Waals surface area contributed by atoms with E-state index in [0.29, 0.717) is 35.8 Å². The molecule has 3 rings (SSSR count). The van der Waals surface area contributed by atoms with Gasteiger partial charge in [0.1, 0.15) is 0 Å². The van der Waals surface area contributed by atoms with E-state index < -0.39 is 17.6 Å². The Morgan fingerprint density at radius 1 is 0.917 bits per heavy atom. The van der Waals surface area contributed by atoms with E-state index in [1.165, 1.54) is 44.9 Å². The van der Waals surface area contributed by atoms with Gasteiger partial charge in [0.05, 0.1) is 5.69 Å². The molecule has 2 unspecified atom stereocenters. The van der Waals surface area contributed by atoms with Gasteiger partial charge in [-0.15, -0.1) is 0 Å². The molecule has 2 aromatic rings. The molecule has 1 heterocycles. The van der Waals surface area contributed by atoms with E-state index in [4.69, 9.17) is 0 Å². The second-order valence-corrected chi connectivity index (χ2v) is 11.1. The summed E-state index contributed by atoms with van der Waals surface area (Å²) < 4.78 is 45.0. The van der Waals surface area contributed by atoms with E-state index >= 15 is 8.78 Å². The molecule has 0 N–H and O–H groups in total. The van der Waals surface area contributed by atoms with Crippen LogP contribution in [0, 0.1) is 29.4 Å². The van der Waals surface area contributed by atoms with Crippen LogP contribution >= 0.6 is 0 Å². The van der Waals surface area contributed by atoms with Gasteiger partial charge in [-0.3, -0.25) is 0 Å². The van der Waals surface area contributed by atoms with Crippen molar-refractivity contribution in [3.05, 3.63) is 52.5 Å². The lowest BCUT2D eigenvalue weighted by molar-refractivity contribution is 0.388. The number of halogens is 3. The van der Waals surface area contributed by atoms with Gasteiger partial charge in [-0.05, 0) is 67.2 Å². The van der Waals surface area contributed by atoms with Crippen LogP contribution in [0.5, 0.6) is 0 Å². The van der Waals surface area contributed by atoms with Crippen molar-refractivity contribution in [1.82, 2.24) is 4.98 Å². The molecular weight excluding hydrogens is 455 g/mol. The summed E-state index contributed by atoms with van der Waals surface area (Å²) in [7, 11) is 0. The van der Waals surface area contributed by atoms with Gasteiger partial charge in [0, 0.05) is 11.1 Å². The molecule has 0 amide bonds. The highest BCUT2D eigenvalue weighted by atomic mass is 19.2. The Balaban J connectivity index is 1.59. The first-order valence-corrected chi connectivity index (χ1v) is 14.6. The van der Waals surface area contributed by atoms with Gasteiger partial charge in [0.25, 0.3) is 0 Å². The largest absolute Gasteiger partial charge is 0.219 e. The third-order valence-electron chi connectivity index (χ3n) is 8.22. The number of benzene rings is 1. The van der Waals surface area contributed by atoms with Crippen molar-refractivity contribution in [2.24, 2.45) is 11.8 Å². The highest BCUT2D eigenvalue weighted by Gasteiger charge is 2.26. The van der Waals surface area contributed by atoms with E-state index in [1.54, 1.807) is 18.2 Å². The standard InChI is InChI=1S/C32H46F3N/c1-4-6-7-8-9-10-11-15-24-17-18-26-22-28(31(34)30(33)27(26)21-24)29-20-19-25(32(35)36-29)16-13-12-14-23(3)5-2/h19-20,22-24H,4-18,21H2,1-3H3. The number of unbranched alkanes of at least 4 members (excludes halogenated alkanes) is 7. The predicted octanol–water partition coefficient (Wildman–Crippen LogP) is 10.2. The Morgan fingerprint density at radius 3 is 2.39 bits per heavy atom. The van der Waals surface area contributed by atoms with Gasteiger partial charge in [-0.25, -0.2) is 13.8 Å². The molecule has 4 heteroatoms. The minimum atomic E-state index is -0.890. The molecule has 1 nitrogen and oxygen atoms in total. The predicted molar refractivity (Wildman–Crippen MR) is 145 cm³/mol. The first kappa shape index (κ1) is 28.7. The van der Waals surface area contributed by atoms with Crippen LogP contribution in [0.3, 0.4) is 0 Å². The Kier molecular flexibility index (Phi) is 11.8. The SMILES string of the molecule is CCCCCCCCCC1CCc2cc(-c3ccc(CCCCC(C)CC)c(F)n3)c(F)c(F)c2C1. The first-order valence-electron chi connectivity index (χ1n) is 14.6. The Bertz CT molecular complexity index is 955. The molecule has 200 valence electrons.